The highest BCUT2D eigenvalue weighted by Crippen LogP contribution is 2.24. The number of nitrogens with zero attached hydrogens (tertiary/aromatic N) is 2. The molecule has 2 aromatic heterocycles. The van der Waals surface area contributed by atoms with Crippen LogP contribution in [0.5, 0.6) is 0 Å². The van der Waals surface area contributed by atoms with Crippen LogP contribution in [0.15, 0.2) is 34.1 Å². The molecular weight excluding hydrogens is 316 g/mol. The van der Waals surface area contributed by atoms with Crippen molar-refractivity contribution in [2.24, 2.45) is 0 Å². The quantitative estimate of drug-likeness (QED) is 0.668. The van der Waals surface area contributed by atoms with Gasteiger partial charge in [0.15, 0.2) is 9.90 Å². The summed E-state index contributed by atoms with van der Waals surface area (Å²) in [5.41, 5.74) is 1.65. The predicted octanol–water partition coefficient (Wildman–Crippen LogP) is 1.52. The van der Waals surface area contributed by atoms with E-state index in [2.05, 4.69) is 19.9 Å². The lowest BCUT2D eigenvalue weighted by atomic mass is 10.2. The fourth-order valence-corrected chi connectivity index (χ4v) is 3.96. The van der Waals surface area contributed by atoms with Crippen LogP contribution >= 0.6 is 11.3 Å². The molecule has 1 aromatic carbocycles. The molecule has 21 heavy (non-hydrogen) atoms. The number of aromatic amines is 1. The second kappa shape index (κ2) is 4.82. The number of H-pyrrole nitrogens is 1. The second-order valence-electron chi connectivity index (χ2n) is 4.07. The second-order valence-corrected chi connectivity index (χ2v) is 6.80. The molecule has 0 saturated heterocycles. The van der Waals surface area contributed by atoms with Crippen LogP contribution in [0.25, 0.3) is 10.9 Å². The third-order valence-corrected chi connectivity index (χ3v) is 5.43. The average molecular weight is 324 g/mol. The van der Waals surface area contributed by atoms with Crippen LogP contribution in [0.3, 0.4) is 0 Å². The van der Waals surface area contributed by atoms with Gasteiger partial charge in [-0.25, -0.2) is 18.2 Å². The minimum atomic E-state index is -4.01. The number of rotatable bonds is 4. The maximum atomic E-state index is 12.2. The first-order valence-electron chi connectivity index (χ1n) is 5.60. The smallest absolute Gasteiger partial charge is 0.356 e. The normalized spacial score (nSPS) is 11.6. The average Bonchev–Trinajstić information content (AvgIpc) is 3.06. The number of aromatic nitrogens is 3. The Hall–Kier alpha value is -2.46. The number of nitrogens with one attached hydrogen (secondary N) is 2. The van der Waals surface area contributed by atoms with Crippen molar-refractivity contribution in [3.8, 4) is 0 Å². The molecule has 0 amide bonds. The van der Waals surface area contributed by atoms with Crippen molar-refractivity contribution < 1.29 is 18.3 Å². The highest BCUT2D eigenvalue weighted by molar-refractivity contribution is 7.94. The molecule has 0 spiro atoms. The summed E-state index contributed by atoms with van der Waals surface area (Å²) < 4.78 is 26.5. The first-order chi connectivity index (χ1) is 9.97. The van der Waals surface area contributed by atoms with Crippen molar-refractivity contribution in [3.63, 3.8) is 0 Å². The molecule has 0 aliphatic carbocycles. The number of carboxylic acids is 1. The zero-order valence-electron chi connectivity index (χ0n) is 10.3. The molecule has 2 heterocycles. The first kappa shape index (κ1) is 13.5. The molecule has 0 radical (unpaired) electrons. The van der Waals surface area contributed by atoms with Crippen molar-refractivity contribution in [2.45, 2.75) is 4.21 Å². The Bertz CT molecular complexity index is 929. The fourth-order valence-electron chi connectivity index (χ4n) is 1.77. The Labute approximate surface area is 122 Å². The molecule has 0 fully saturated rings. The maximum Gasteiger partial charge on any atom is 0.356 e. The molecule has 0 aliphatic rings. The van der Waals surface area contributed by atoms with Crippen molar-refractivity contribution in [1.82, 2.24) is 15.2 Å². The van der Waals surface area contributed by atoms with Crippen LogP contribution in [0.1, 0.15) is 10.5 Å². The Morgan fingerprint density at radius 3 is 2.95 bits per heavy atom. The zero-order chi connectivity index (χ0) is 15.0. The number of fused-ring (bicyclic) bond motifs is 1. The van der Waals surface area contributed by atoms with Gasteiger partial charge in [-0.05, 0) is 18.2 Å². The molecule has 0 unspecified atom stereocenters. The Kier molecular flexibility index (Phi) is 3.11. The molecule has 0 saturated carbocycles. The number of sulfonamides is 1. The number of anilines is 1. The van der Waals surface area contributed by atoms with E-state index < -0.39 is 21.7 Å². The largest absolute Gasteiger partial charge is 0.476 e. The van der Waals surface area contributed by atoms with Gasteiger partial charge in [-0.1, -0.05) is 0 Å². The van der Waals surface area contributed by atoms with Gasteiger partial charge >= 0.3 is 5.97 Å². The Morgan fingerprint density at radius 2 is 2.19 bits per heavy atom. The summed E-state index contributed by atoms with van der Waals surface area (Å²) in [5, 5.41) is 16.3. The lowest BCUT2D eigenvalue weighted by Gasteiger charge is -2.06. The van der Waals surface area contributed by atoms with E-state index >= 15 is 0 Å². The number of carboxylic acid groups (broad SMARTS) is 1. The SMILES string of the molecule is O=C(O)c1ncsc1S(=O)(=O)Nc1ccc2cn[nH]c2c1. The summed E-state index contributed by atoms with van der Waals surface area (Å²) in [6, 6.07) is 4.83. The fraction of sp³-hybridized carbons (Fsp3) is 0. The van der Waals surface area contributed by atoms with Crippen molar-refractivity contribution in [3.05, 3.63) is 35.6 Å². The number of hydrogen-bond donors (Lipinski definition) is 3. The summed E-state index contributed by atoms with van der Waals surface area (Å²) in [4.78, 5) is 14.5. The van der Waals surface area contributed by atoms with E-state index in [1.807, 2.05) is 0 Å². The molecule has 0 atom stereocenters. The van der Waals surface area contributed by atoms with Crippen LogP contribution < -0.4 is 4.72 Å². The lowest BCUT2D eigenvalue weighted by Crippen LogP contribution is -2.15. The van der Waals surface area contributed by atoms with Gasteiger partial charge < -0.3 is 5.11 Å². The number of aromatic carboxylic acids is 1. The summed E-state index contributed by atoms with van der Waals surface area (Å²) in [6.07, 6.45) is 1.61. The van der Waals surface area contributed by atoms with E-state index in [4.69, 9.17) is 5.11 Å². The van der Waals surface area contributed by atoms with Gasteiger partial charge in [0, 0.05) is 5.39 Å². The molecule has 8 nitrogen and oxygen atoms in total. The van der Waals surface area contributed by atoms with Gasteiger partial charge in [0.05, 0.1) is 22.9 Å². The molecule has 0 bridgehead atoms. The molecular formula is C11H8N4O4S2. The zero-order valence-corrected chi connectivity index (χ0v) is 11.9. The minimum absolute atomic E-state index is 0.302. The van der Waals surface area contributed by atoms with Gasteiger partial charge in [0.25, 0.3) is 10.0 Å². The summed E-state index contributed by atoms with van der Waals surface area (Å²) >= 11 is 0.747. The number of thiazole rings is 1. The molecule has 0 aliphatic heterocycles. The van der Waals surface area contributed by atoms with Crippen LogP contribution in [-0.2, 0) is 10.0 Å². The third kappa shape index (κ3) is 2.45. The predicted molar refractivity (Wildman–Crippen MR) is 76.0 cm³/mol. The molecule has 10 heteroatoms. The highest BCUT2D eigenvalue weighted by atomic mass is 32.2. The van der Waals surface area contributed by atoms with Gasteiger partial charge in [-0.3, -0.25) is 9.82 Å². The van der Waals surface area contributed by atoms with E-state index in [-0.39, 0.29) is 4.21 Å². The van der Waals surface area contributed by atoms with Crippen LogP contribution in [-0.4, -0.2) is 34.7 Å². The van der Waals surface area contributed by atoms with Crippen molar-refractivity contribution in [2.75, 3.05) is 4.72 Å². The van der Waals surface area contributed by atoms with E-state index in [1.165, 1.54) is 5.51 Å². The van der Waals surface area contributed by atoms with Crippen molar-refractivity contribution >= 4 is 43.9 Å². The van der Waals surface area contributed by atoms with Crippen LogP contribution in [0.4, 0.5) is 5.69 Å². The Balaban J connectivity index is 1.98. The van der Waals surface area contributed by atoms with E-state index in [0.29, 0.717) is 11.2 Å². The Morgan fingerprint density at radius 1 is 1.38 bits per heavy atom. The van der Waals surface area contributed by atoms with Gasteiger partial charge in [0.2, 0.25) is 0 Å². The van der Waals surface area contributed by atoms with E-state index in [0.717, 1.165) is 16.7 Å². The van der Waals surface area contributed by atoms with Gasteiger partial charge in [-0.15, -0.1) is 11.3 Å². The summed E-state index contributed by atoms with van der Waals surface area (Å²) in [6.45, 7) is 0. The summed E-state index contributed by atoms with van der Waals surface area (Å²) in [7, 11) is -4.01. The minimum Gasteiger partial charge on any atom is -0.476 e. The molecule has 3 N–H and O–H groups in total. The van der Waals surface area contributed by atoms with E-state index in [9.17, 15) is 13.2 Å². The van der Waals surface area contributed by atoms with Crippen LogP contribution in [0, 0.1) is 0 Å². The monoisotopic (exact) mass is 324 g/mol. The number of hydrogen-bond acceptors (Lipinski definition) is 6. The standard InChI is InChI=1S/C11H8N4O4S2/c16-10(17)9-11(20-5-12-9)21(18,19)15-7-2-1-6-4-13-14-8(6)3-7/h1-5,15H,(H,13,14)(H,16,17). The van der Waals surface area contributed by atoms with E-state index in [1.54, 1.807) is 24.4 Å². The third-order valence-electron chi connectivity index (χ3n) is 2.68. The molecule has 3 rings (SSSR count). The van der Waals surface area contributed by atoms with Crippen molar-refractivity contribution in [1.29, 1.82) is 0 Å². The molecule has 108 valence electrons. The topological polar surface area (TPSA) is 125 Å². The number of benzene rings is 1. The van der Waals surface area contributed by atoms with Gasteiger partial charge in [-0.2, -0.15) is 5.10 Å². The first-order valence-corrected chi connectivity index (χ1v) is 7.96. The number of carbonyl (C=O) groups is 1. The van der Waals surface area contributed by atoms with Gasteiger partial charge in [0.1, 0.15) is 0 Å². The van der Waals surface area contributed by atoms with Crippen LogP contribution in [0.2, 0.25) is 0 Å². The molecule has 3 aromatic rings. The highest BCUT2D eigenvalue weighted by Gasteiger charge is 2.25. The lowest BCUT2D eigenvalue weighted by molar-refractivity contribution is 0.0687. The maximum absolute atomic E-state index is 12.2. The summed E-state index contributed by atoms with van der Waals surface area (Å²) in [5.74, 6) is -1.39.